The van der Waals surface area contributed by atoms with Gasteiger partial charge in [0.05, 0.1) is 37.4 Å². The molecule has 246 valence electrons. The maximum atomic E-state index is 15.4. The lowest BCUT2D eigenvalue weighted by Gasteiger charge is -2.30. The minimum Gasteiger partial charge on any atom is -0.491 e. The minimum atomic E-state index is -1.71. The van der Waals surface area contributed by atoms with Gasteiger partial charge in [-0.2, -0.15) is 5.10 Å². The van der Waals surface area contributed by atoms with Crippen LogP contribution < -0.4 is 20.5 Å². The molecule has 0 aliphatic heterocycles. The monoisotopic (exact) mass is 665 g/mol. The maximum Gasteiger partial charge on any atom is 0.251 e. The molecule has 4 N–H and O–H groups in total. The quantitative estimate of drug-likeness (QED) is 0.163. The topological polar surface area (TPSA) is 142 Å². The number of carbonyl (C=O) groups excluding carboxylic acids is 2. The number of hydrogen-bond donors (Lipinski definition) is 3. The molecule has 47 heavy (non-hydrogen) atoms. The Morgan fingerprint density at radius 1 is 1.15 bits per heavy atom. The van der Waals surface area contributed by atoms with E-state index >= 15 is 4.39 Å². The average molecular weight is 666 g/mol. The van der Waals surface area contributed by atoms with Crippen molar-refractivity contribution < 1.29 is 33.0 Å². The first-order chi connectivity index (χ1) is 22.5. The largest absolute Gasteiger partial charge is 0.491 e. The zero-order valence-electron chi connectivity index (χ0n) is 25.7. The van der Waals surface area contributed by atoms with Crippen molar-refractivity contribution in [2.24, 2.45) is 11.7 Å². The van der Waals surface area contributed by atoms with Crippen molar-refractivity contribution >= 4 is 34.3 Å². The molecule has 2 heterocycles. The number of primary amides is 1. The number of pyridine rings is 1. The Labute approximate surface area is 274 Å². The van der Waals surface area contributed by atoms with Gasteiger partial charge in [0.2, 0.25) is 5.91 Å². The molecular weight excluding hydrogens is 632 g/mol. The second kappa shape index (κ2) is 12.1. The Hall–Kier alpha value is -4.29. The van der Waals surface area contributed by atoms with E-state index in [2.05, 4.69) is 10.3 Å². The number of nitrogens with zero attached hydrogens (tertiary/aromatic N) is 3. The highest BCUT2D eigenvalue weighted by Gasteiger charge is 2.47. The first-order valence-corrected chi connectivity index (χ1v) is 16.2. The number of aromatic nitrogens is 3. The zero-order valence-corrected chi connectivity index (χ0v) is 26.4. The number of aliphatic hydroxyl groups is 1. The highest BCUT2D eigenvalue weighted by Crippen LogP contribution is 2.47. The number of ether oxygens (including phenoxy) is 2. The van der Waals surface area contributed by atoms with E-state index in [1.807, 2.05) is 10.9 Å². The van der Waals surface area contributed by atoms with Crippen LogP contribution in [-0.4, -0.2) is 50.9 Å². The smallest absolute Gasteiger partial charge is 0.251 e. The van der Waals surface area contributed by atoms with Crippen molar-refractivity contribution in [3.63, 3.8) is 0 Å². The fourth-order valence-electron chi connectivity index (χ4n) is 5.88. The molecular formula is C34H34ClF2N5O5. The van der Waals surface area contributed by atoms with Gasteiger partial charge in [0.25, 0.3) is 5.91 Å². The Bertz CT molecular complexity index is 1910. The zero-order chi connectivity index (χ0) is 33.0. The fraction of sp³-hybridized carbons (Fsp3) is 0.412. The standard InChI is InChI=1S/C34H34ClF2N5O5/c1-2-46-32-17(14-27(38)43)13-26(40-31(32)23-9-10-24(36)28(35)29(23)37)34(45,20-3-4-20)16-39-33(44)18-11-19-15-42(21-5-6-21)41-30(19)25(12-18)47-22-7-8-22/h9-13,15,20-22,45H,2-8,14,16H2,1H3,(H2,38,43)(H,39,44)/t34-/m1/s1. The van der Waals surface area contributed by atoms with Gasteiger partial charge in [-0.25, -0.2) is 13.8 Å². The number of halogens is 3. The van der Waals surface area contributed by atoms with Gasteiger partial charge in [0.15, 0.2) is 5.82 Å². The lowest BCUT2D eigenvalue weighted by atomic mass is 9.90. The predicted octanol–water partition coefficient (Wildman–Crippen LogP) is 5.36. The van der Waals surface area contributed by atoms with Gasteiger partial charge in [-0.1, -0.05) is 11.6 Å². The molecule has 2 aromatic carbocycles. The number of rotatable bonds is 13. The molecule has 4 aromatic rings. The van der Waals surface area contributed by atoms with E-state index in [0.29, 0.717) is 35.7 Å². The summed E-state index contributed by atoms with van der Waals surface area (Å²) in [5, 5.41) is 19.9. The van der Waals surface area contributed by atoms with E-state index in [9.17, 15) is 19.1 Å². The molecule has 0 radical (unpaired) electrons. The first kappa shape index (κ1) is 31.3. The molecule has 3 saturated carbocycles. The van der Waals surface area contributed by atoms with Crippen molar-refractivity contribution in [3.8, 4) is 22.8 Å². The summed E-state index contributed by atoms with van der Waals surface area (Å²) in [7, 11) is 0. The summed E-state index contributed by atoms with van der Waals surface area (Å²) in [6.45, 7) is 1.60. The summed E-state index contributed by atoms with van der Waals surface area (Å²) in [6.07, 6.45) is 7.01. The third-order valence-corrected chi connectivity index (χ3v) is 9.15. The maximum absolute atomic E-state index is 15.4. The van der Waals surface area contributed by atoms with Crippen LogP contribution in [0.4, 0.5) is 8.78 Å². The van der Waals surface area contributed by atoms with Gasteiger partial charge in [-0.15, -0.1) is 0 Å². The molecule has 3 aliphatic carbocycles. The molecule has 0 saturated heterocycles. The van der Waals surface area contributed by atoms with Crippen LogP contribution in [0.3, 0.4) is 0 Å². The SMILES string of the molecule is CCOc1c(CC(N)=O)cc([C@@](O)(CNC(=O)c2cc(OC3CC3)c3nn(C4CC4)cc3c2)C2CC2)nc1-c1ccc(F)c(Cl)c1F. The number of carbonyl (C=O) groups is 2. The van der Waals surface area contributed by atoms with Crippen LogP contribution in [0.1, 0.15) is 73.1 Å². The molecule has 0 bridgehead atoms. The fourth-order valence-corrected chi connectivity index (χ4v) is 6.04. The molecule has 7 rings (SSSR count). The normalized spacial score (nSPS) is 17.4. The molecule has 2 aromatic heterocycles. The highest BCUT2D eigenvalue weighted by atomic mass is 35.5. The van der Waals surface area contributed by atoms with E-state index in [4.69, 9.17) is 31.9 Å². The number of nitrogens with two attached hydrogens (primary N) is 1. The summed E-state index contributed by atoms with van der Waals surface area (Å²) in [6, 6.07) is 7.44. The van der Waals surface area contributed by atoms with Gasteiger partial charge < -0.3 is 25.6 Å². The molecule has 3 fully saturated rings. The third-order valence-electron chi connectivity index (χ3n) is 8.80. The van der Waals surface area contributed by atoms with Crippen LogP contribution in [0.5, 0.6) is 11.5 Å². The van der Waals surface area contributed by atoms with Gasteiger partial charge in [0.1, 0.15) is 39.2 Å². The molecule has 0 spiro atoms. The van der Waals surface area contributed by atoms with E-state index < -0.39 is 34.1 Å². The van der Waals surface area contributed by atoms with Gasteiger partial charge in [-0.3, -0.25) is 14.3 Å². The van der Waals surface area contributed by atoms with E-state index in [1.54, 1.807) is 19.1 Å². The van der Waals surface area contributed by atoms with E-state index in [-0.39, 0.29) is 59.9 Å². The third kappa shape index (κ3) is 6.23. The van der Waals surface area contributed by atoms with Crippen molar-refractivity contribution in [3.05, 3.63) is 70.0 Å². The number of hydrogen-bond acceptors (Lipinski definition) is 7. The van der Waals surface area contributed by atoms with Crippen molar-refractivity contribution in [2.75, 3.05) is 13.2 Å². The summed E-state index contributed by atoms with van der Waals surface area (Å²) < 4.78 is 43.4. The van der Waals surface area contributed by atoms with E-state index in [1.165, 1.54) is 12.1 Å². The summed E-state index contributed by atoms with van der Waals surface area (Å²) in [5.41, 5.74) is 4.97. The van der Waals surface area contributed by atoms with Crippen molar-refractivity contribution in [2.45, 2.75) is 69.6 Å². The minimum absolute atomic E-state index is 0.0575. The Morgan fingerprint density at radius 3 is 2.57 bits per heavy atom. The van der Waals surface area contributed by atoms with Gasteiger partial charge in [-0.05, 0) is 81.7 Å². The summed E-state index contributed by atoms with van der Waals surface area (Å²) in [5.74, 6) is -2.86. The van der Waals surface area contributed by atoms with Crippen LogP contribution >= 0.6 is 11.6 Å². The lowest BCUT2D eigenvalue weighted by molar-refractivity contribution is -0.117. The van der Waals surface area contributed by atoms with Crippen LogP contribution in [-0.2, 0) is 16.8 Å². The molecule has 1 atom stereocenters. The lowest BCUT2D eigenvalue weighted by Crippen LogP contribution is -2.43. The Kier molecular flexibility index (Phi) is 8.04. The number of fused-ring (bicyclic) bond motifs is 1. The molecule has 2 amide bonds. The second-order valence-corrected chi connectivity index (χ2v) is 13.0. The van der Waals surface area contributed by atoms with Crippen molar-refractivity contribution in [1.29, 1.82) is 0 Å². The van der Waals surface area contributed by atoms with Gasteiger partial charge >= 0.3 is 0 Å². The van der Waals surface area contributed by atoms with Crippen molar-refractivity contribution in [1.82, 2.24) is 20.1 Å². The highest BCUT2D eigenvalue weighted by molar-refractivity contribution is 6.31. The number of amides is 2. The predicted molar refractivity (Wildman–Crippen MR) is 169 cm³/mol. The average Bonchev–Trinajstić information content (AvgIpc) is 3.89. The van der Waals surface area contributed by atoms with Crippen LogP contribution in [0.2, 0.25) is 5.02 Å². The molecule has 10 nitrogen and oxygen atoms in total. The summed E-state index contributed by atoms with van der Waals surface area (Å²) >= 11 is 5.91. The van der Waals surface area contributed by atoms with Crippen LogP contribution in [0.15, 0.2) is 36.5 Å². The second-order valence-electron chi connectivity index (χ2n) is 12.6. The van der Waals surface area contributed by atoms with Gasteiger partial charge in [0, 0.05) is 28.3 Å². The molecule has 13 heteroatoms. The molecule has 3 aliphatic rings. The number of benzene rings is 2. The Balaban J connectivity index is 1.25. The number of nitrogens with one attached hydrogen (secondary N) is 1. The Morgan fingerprint density at radius 2 is 1.91 bits per heavy atom. The molecule has 0 unspecified atom stereocenters. The van der Waals surface area contributed by atoms with Crippen LogP contribution in [0, 0.1) is 17.6 Å². The van der Waals surface area contributed by atoms with E-state index in [0.717, 1.165) is 37.1 Å². The first-order valence-electron chi connectivity index (χ1n) is 15.8. The van der Waals surface area contributed by atoms with Crippen LogP contribution in [0.25, 0.3) is 22.2 Å². The summed E-state index contributed by atoms with van der Waals surface area (Å²) in [4.78, 5) is 30.4.